The monoisotopic (exact) mass is 276 g/mol. The van der Waals surface area contributed by atoms with Crippen LogP contribution in [0.5, 0.6) is 0 Å². The van der Waals surface area contributed by atoms with Crippen molar-refractivity contribution in [3.05, 3.63) is 17.8 Å². The largest absolute Gasteiger partial charge is 0.352 e. The molecule has 1 aromatic heterocycles. The van der Waals surface area contributed by atoms with E-state index < -0.39 is 0 Å². The lowest BCUT2D eigenvalue weighted by atomic mass is 10.0. The summed E-state index contributed by atoms with van der Waals surface area (Å²) in [6, 6.07) is 4.88. The predicted octanol–water partition coefficient (Wildman–Crippen LogP) is 2.99. The normalized spacial score (nSPS) is 19.6. The Morgan fingerprint density at radius 2 is 2.15 bits per heavy atom. The first kappa shape index (κ1) is 15.2. The molecule has 2 rings (SSSR count). The number of rotatable bonds is 6. The van der Waals surface area contributed by atoms with Crippen LogP contribution in [0.2, 0.25) is 0 Å². The van der Waals surface area contributed by atoms with Gasteiger partial charge in [0.05, 0.1) is 5.69 Å². The number of nitrogens with one attached hydrogen (secondary N) is 1. The molecule has 1 fully saturated rings. The van der Waals surface area contributed by atoms with E-state index >= 15 is 0 Å². The summed E-state index contributed by atoms with van der Waals surface area (Å²) in [6.45, 7) is 9.64. The quantitative estimate of drug-likeness (QED) is 0.867. The number of hydrogen-bond donors (Lipinski definition) is 1. The van der Waals surface area contributed by atoms with Gasteiger partial charge < -0.3 is 10.2 Å². The van der Waals surface area contributed by atoms with Crippen LogP contribution in [0.3, 0.4) is 0 Å². The van der Waals surface area contributed by atoms with Gasteiger partial charge in [0.15, 0.2) is 5.82 Å². The third kappa shape index (κ3) is 4.17. The van der Waals surface area contributed by atoms with E-state index in [4.69, 9.17) is 0 Å². The zero-order valence-electron chi connectivity index (χ0n) is 13.1. The second-order valence-corrected chi connectivity index (χ2v) is 6.16. The Bertz CT molecular complexity index is 388. The van der Waals surface area contributed by atoms with Gasteiger partial charge in [0.1, 0.15) is 0 Å². The molecule has 112 valence electrons. The van der Waals surface area contributed by atoms with Crippen molar-refractivity contribution >= 4 is 5.82 Å². The molecular formula is C16H28N4. The number of hydrogen-bond acceptors (Lipinski definition) is 4. The molecule has 4 nitrogen and oxygen atoms in total. The highest BCUT2D eigenvalue weighted by molar-refractivity contribution is 5.39. The van der Waals surface area contributed by atoms with Gasteiger partial charge in [0.25, 0.3) is 0 Å². The zero-order valence-corrected chi connectivity index (χ0v) is 13.1. The summed E-state index contributed by atoms with van der Waals surface area (Å²) in [5.41, 5.74) is 1.03. The van der Waals surface area contributed by atoms with Crippen molar-refractivity contribution in [2.75, 3.05) is 18.0 Å². The lowest BCUT2D eigenvalue weighted by Gasteiger charge is -2.35. The highest BCUT2D eigenvalue weighted by Crippen LogP contribution is 2.24. The van der Waals surface area contributed by atoms with Gasteiger partial charge in [-0.05, 0) is 50.3 Å². The molecule has 4 heteroatoms. The van der Waals surface area contributed by atoms with Gasteiger partial charge in [0.2, 0.25) is 0 Å². The van der Waals surface area contributed by atoms with Crippen LogP contribution in [0.1, 0.15) is 52.1 Å². The molecule has 0 spiro atoms. The molecule has 20 heavy (non-hydrogen) atoms. The van der Waals surface area contributed by atoms with Crippen LogP contribution in [0.15, 0.2) is 12.1 Å². The first-order chi connectivity index (χ1) is 9.70. The molecule has 0 saturated carbocycles. The summed E-state index contributed by atoms with van der Waals surface area (Å²) >= 11 is 0. The Morgan fingerprint density at radius 3 is 2.80 bits per heavy atom. The van der Waals surface area contributed by atoms with Gasteiger partial charge in [-0.1, -0.05) is 20.8 Å². The van der Waals surface area contributed by atoms with Crippen molar-refractivity contribution in [3.8, 4) is 0 Å². The van der Waals surface area contributed by atoms with Crippen LogP contribution in [-0.2, 0) is 6.54 Å². The lowest BCUT2D eigenvalue weighted by Crippen LogP contribution is -2.39. The van der Waals surface area contributed by atoms with E-state index in [0.717, 1.165) is 31.1 Å². The lowest BCUT2D eigenvalue weighted by molar-refractivity contribution is 0.445. The number of nitrogens with zero attached hydrogens (tertiary/aromatic N) is 3. The molecule has 1 aliphatic heterocycles. The standard InChI is InChI=1S/C16H28N4/c1-4-15-7-5-6-10-20(15)16-9-8-14(18-19-16)12-17-11-13(2)3/h8-9,13,15,17H,4-7,10-12H2,1-3H3. The van der Waals surface area contributed by atoms with Gasteiger partial charge in [-0.2, -0.15) is 5.10 Å². The van der Waals surface area contributed by atoms with Gasteiger partial charge in [-0.25, -0.2) is 0 Å². The van der Waals surface area contributed by atoms with Crippen molar-refractivity contribution in [2.24, 2.45) is 5.92 Å². The Balaban J connectivity index is 1.93. The van der Waals surface area contributed by atoms with E-state index in [9.17, 15) is 0 Å². The highest BCUT2D eigenvalue weighted by Gasteiger charge is 2.22. The Morgan fingerprint density at radius 1 is 1.30 bits per heavy atom. The van der Waals surface area contributed by atoms with Crippen LogP contribution < -0.4 is 10.2 Å². The predicted molar refractivity (Wildman–Crippen MR) is 83.9 cm³/mol. The number of anilines is 1. The SMILES string of the molecule is CCC1CCCCN1c1ccc(CNCC(C)C)nn1. The van der Waals surface area contributed by atoms with E-state index in [1.165, 1.54) is 25.7 Å². The van der Waals surface area contributed by atoms with Crippen molar-refractivity contribution in [1.29, 1.82) is 0 Å². The summed E-state index contributed by atoms with van der Waals surface area (Å²) in [7, 11) is 0. The molecule has 1 aliphatic rings. The van der Waals surface area contributed by atoms with Crippen molar-refractivity contribution < 1.29 is 0 Å². The number of aromatic nitrogens is 2. The van der Waals surface area contributed by atoms with E-state index in [1.807, 2.05) is 0 Å². The minimum absolute atomic E-state index is 0.642. The van der Waals surface area contributed by atoms with E-state index in [1.54, 1.807) is 0 Å². The molecule has 0 amide bonds. The summed E-state index contributed by atoms with van der Waals surface area (Å²) < 4.78 is 0. The number of piperidine rings is 1. The fraction of sp³-hybridized carbons (Fsp3) is 0.750. The second-order valence-electron chi connectivity index (χ2n) is 6.16. The maximum atomic E-state index is 4.43. The van der Waals surface area contributed by atoms with Crippen molar-refractivity contribution in [2.45, 2.75) is 59.0 Å². The molecule has 0 aliphatic carbocycles. The molecular weight excluding hydrogens is 248 g/mol. The van der Waals surface area contributed by atoms with E-state index in [0.29, 0.717) is 12.0 Å². The second kappa shape index (κ2) is 7.58. The molecule has 1 atom stereocenters. The smallest absolute Gasteiger partial charge is 0.151 e. The van der Waals surface area contributed by atoms with Gasteiger partial charge in [0, 0.05) is 19.1 Å². The third-order valence-electron chi connectivity index (χ3n) is 3.96. The minimum atomic E-state index is 0.642. The van der Waals surface area contributed by atoms with Gasteiger partial charge in [-0.15, -0.1) is 5.10 Å². The zero-order chi connectivity index (χ0) is 14.4. The highest BCUT2D eigenvalue weighted by atomic mass is 15.3. The van der Waals surface area contributed by atoms with Crippen LogP contribution >= 0.6 is 0 Å². The molecule has 2 heterocycles. The Kier molecular flexibility index (Phi) is 5.77. The molecule has 1 N–H and O–H groups in total. The fourth-order valence-electron chi connectivity index (χ4n) is 2.82. The summed E-state index contributed by atoms with van der Waals surface area (Å²) in [6.07, 6.45) is 5.10. The third-order valence-corrected chi connectivity index (χ3v) is 3.96. The van der Waals surface area contributed by atoms with Crippen molar-refractivity contribution in [3.63, 3.8) is 0 Å². The van der Waals surface area contributed by atoms with Crippen LogP contribution in [-0.4, -0.2) is 29.3 Å². The first-order valence-corrected chi connectivity index (χ1v) is 8.00. The van der Waals surface area contributed by atoms with E-state index in [-0.39, 0.29) is 0 Å². The summed E-state index contributed by atoms with van der Waals surface area (Å²) in [5, 5.41) is 12.2. The van der Waals surface area contributed by atoms with Crippen LogP contribution in [0, 0.1) is 5.92 Å². The van der Waals surface area contributed by atoms with Crippen molar-refractivity contribution in [1.82, 2.24) is 15.5 Å². The maximum Gasteiger partial charge on any atom is 0.151 e. The molecule has 0 radical (unpaired) electrons. The summed E-state index contributed by atoms with van der Waals surface area (Å²) in [5.74, 6) is 1.71. The Hall–Kier alpha value is -1.16. The van der Waals surface area contributed by atoms with Crippen LogP contribution in [0.4, 0.5) is 5.82 Å². The average Bonchev–Trinajstić information content (AvgIpc) is 2.47. The molecule has 1 saturated heterocycles. The van der Waals surface area contributed by atoms with E-state index in [2.05, 4.69) is 53.3 Å². The first-order valence-electron chi connectivity index (χ1n) is 8.00. The maximum absolute atomic E-state index is 4.43. The topological polar surface area (TPSA) is 41.0 Å². The molecule has 1 aromatic rings. The molecule has 0 bridgehead atoms. The Labute approximate surface area is 123 Å². The average molecular weight is 276 g/mol. The van der Waals surface area contributed by atoms with Gasteiger partial charge >= 0.3 is 0 Å². The summed E-state index contributed by atoms with van der Waals surface area (Å²) in [4.78, 5) is 2.43. The molecule has 1 unspecified atom stereocenters. The van der Waals surface area contributed by atoms with Crippen LogP contribution in [0.25, 0.3) is 0 Å². The van der Waals surface area contributed by atoms with Gasteiger partial charge in [-0.3, -0.25) is 0 Å². The minimum Gasteiger partial charge on any atom is -0.352 e. The fourth-order valence-corrected chi connectivity index (χ4v) is 2.82. The molecule has 0 aromatic carbocycles.